The fourth-order valence-electron chi connectivity index (χ4n) is 12.9. The van der Waals surface area contributed by atoms with Crippen LogP contribution in [0.15, 0.2) is 0 Å². The highest BCUT2D eigenvalue weighted by Gasteiger charge is 2.85. The number of carbonyl (C=O) groups is 1. The SMILES string of the molecule is CC(CC(O)C(O)C(C)(C)O)C1CCC23CC12CCC1C2(C)CCC(=O)C(C)(C)C2CC(OC2OC(CO)C(O)C(O)C2O)C13C. The molecule has 0 aromatic carbocycles. The summed E-state index contributed by atoms with van der Waals surface area (Å²) in [5.41, 5.74) is -2.41. The normalized spacial score (nSPS) is 51.7. The van der Waals surface area contributed by atoms with Gasteiger partial charge in [0, 0.05) is 17.3 Å². The quantitative estimate of drug-likeness (QED) is 0.193. The standard InChI is InChI=1S/C36H60O10/c1-18(14-20(38)29(43)32(4,5)44)19-8-13-36-17-35(19,36)12-9-22-33(6)11-10-24(39)31(2,3)23(33)15-25(34(22,36)7)46-30-28(42)27(41)26(40)21(16-37)45-30/h18-23,25-30,37-38,40-44H,8-17H2,1-7H3. The first-order valence-electron chi connectivity index (χ1n) is 17.8. The van der Waals surface area contributed by atoms with E-state index in [0.29, 0.717) is 25.2 Å². The van der Waals surface area contributed by atoms with Crippen molar-refractivity contribution in [3.05, 3.63) is 0 Å². The lowest BCUT2D eigenvalue weighted by Crippen LogP contribution is -2.68. The van der Waals surface area contributed by atoms with E-state index in [-0.39, 0.29) is 45.2 Å². The van der Waals surface area contributed by atoms with Gasteiger partial charge in [-0.25, -0.2) is 0 Å². The van der Waals surface area contributed by atoms with Crippen LogP contribution in [-0.4, -0.2) is 103 Å². The third-order valence-electron chi connectivity index (χ3n) is 15.4. The number of ether oxygens (including phenoxy) is 2. The van der Waals surface area contributed by atoms with Gasteiger partial charge in [0.1, 0.15) is 36.3 Å². The maximum Gasteiger partial charge on any atom is 0.186 e. The van der Waals surface area contributed by atoms with Crippen LogP contribution in [0.2, 0.25) is 0 Å². The highest BCUT2D eigenvalue weighted by Crippen LogP contribution is 2.91. The van der Waals surface area contributed by atoms with Crippen molar-refractivity contribution in [2.45, 2.75) is 161 Å². The van der Waals surface area contributed by atoms with Gasteiger partial charge in [-0.15, -0.1) is 0 Å². The zero-order valence-corrected chi connectivity index (χ0v) is 28.9. The predicted octanol–water partition coefficient (Wildman–Crippen LogP) is 2.31. The minimum Gasteiger partial charge on any atom is -0.394 e. The number of aliphatic hydroxyl groups is 7. The van der Waals surface area contributed by atoms with Crippen LogP contribution in [0, 0.1) is 50.7 Å². The smallest absolute Gasteiger partial charge is 0.186 e. The van der Waals surface area contributed by atoms with Gasteiger partial charge in [-0.1, -0.05) is 34.6 Å². The molecule has 5 aliphatic carbocycles. The summed E-state index contributed by atoms with van der Waals surface area (Å²) in [6, 6.07) is 0. The van der Waals surface area contributed by atoms with Crippen LogP contribution < -0.4 is 0 Å². The number of hydrogen-bond donors (Lipinski definition) is 7. The Morgan fingerprint density at radius 2 is 1.65 bits per heavy atom. The van der Waals surface area contributed by atoms with E-state index in [1.165, 1.54) is 13.8 Å². The summed E-state index contributed by atoms with van der Waals surface area (Å²) in [5.74, 6) is 1.01. The molecule has 46 heavy (non-hydrogen) atoms. The first-order chi connectivity index (χ1) is 21.2. The average molecular weight is 653 g/mol. The number of fused-ring (bicyclic) bond motifs is 3. The van der Waals surface area contributed by atoms with Crippen LogP contribution in [-0.2, 0) is 14.3 Å². The summed E-state index contributed by atoms with van der Waals surface area (Å²) in [6.07, 6.45) is -2.06. The highest BCUT2D eigenvalue weighted by atomic mass is 16.7. The lowest BCUT2D eigenvalue weighted by Gasteiger charge is -2.68. The first-order valence-corrected chi connectivity index (χ1v) is 17.8. The van der Waals surface area contributed by atoms with Gasteiger partial charge in [0.05, 0.1) is 24.4 Å². The summed E-state index contributed by atoms with van der Waals surface area (Å²) in [6.45, 7) is 13.5. The molecule has 16 atom stereocenters. The molecule has 5 saturated carbocycles. The van der Waals surface area contributed by atoms with Gasteiger partial charge in [-0.05, 0) is 105 Å². The number of rotatable bonds is 8. The van der Waals surface area contributed by atoms with E-state index in [4.69, 9.17) is 9.47 Å². The van der Waals surface area contributed by atoms with Crippen molar-refractivity contribution >= 4 is 5.78 Å². The van der Waals surface area contributed by atoms with E-state index >= 15 is 0 Å². The number of hydrogen-bond acceptors (Lipinski definition) is 10. The van der Waals surface area contributed by atoms with E-state index in [1.54, 1.807) is 0 Å². The molecule has 6 rings (SSSR count). The summed E-state index contributed by atoms with van der Waals surface area (Å²) < 4.78 is 12.8. The Morgan fingerprint density at radius 3 is 2.28 bits per heavy atom. The molecule has 16 unspecified atom stereocenters. The molecule has 1 aliphatic heterocycles. The van der Waals surface area contributed by atoms with Gasteiger partial charge >= 0.3 is 0 Å². The van der Waals surface area contributed by atoms with Crippen molar-refractivity contribution in [2.24, 2.45) is 50.7 Å². The molecule has 0 aromatic rings. The van der Waals surface area contributed by atoms with E-state index in [9.17, 15) is 40.5 Å². The van der Waals surface area contributed by atoms with Crippen LogP contribution in [0.5, 0.6) is 0 Å². The average Bonchev–Trinajstić information content (AvgIpc) is 3.55. The van der Waals surface area contributed by atoms with E-state index < -0.39 is 66.6 Å². The Balaban J connectivity index is 1.36. The first kappa shape index (κ1) is 35.1. The Bertz CT molecular complexity index is 1180. The Labute approximate surface area is 273 Å². The minimum absolute atomic E-state index is 0.0390. The van der Waals surface area contributed by atoms with E-state index in [1.807, 2.05) is 0 Å². The number of Topliss-reactive ketones (excluding diaryl/α,β-unsaturated/α-hetero) is 1. The lowest BCUT2D eigenvalue weighted by atomic mass is 9.37. The van der Waals surface area contributed by atoms with E-state index in [0.717, 1.165) is 38.5 Å². The monoisotopic (exact) mass is 652 g/mol. The van der Waals surface area contributed by atoms with Crippen molar-refractivity contribution in [3.63, 3.8) is 0 Å². The molecule has 0 amide bonds. The minimum atomic E-state index is -1.53. The van der Waals surface area contributed by atoms with Gasteiger partial charge in [-0.3, -0.25) is 4.79 Å². The second-order valence-corrected chi connectivity index (χ2v) is 18.1. The largest absolute Gasteiger partial charge is 0.394 e. The van der Waals surface area contributed by atoms with Crippen LogP contribution in [0.3, 0.4) is 0 Å². The van der Waals surface area contributed by atoms with Crippen LogP contribution in [0.4, 0.5) is 0 Å². The zero-order valence-electron chi connectivity index (χ0n) is 28.9. The molecule has 7 N–H and O–H groups in total. The van der Waals surface area contributed by atoms with Crippen molar-refractivity contribution in [1.29, 1.82) is 0 Å². The van der Waals surface area contributed by atoms with Gasteiger partial charge in [0.25, 0.3) is 0 Å². The molecule has 10 heteroatoms. The number of aliphatic hydroxyl groups excluding tert-OH is 6. The maximum atomic E-state index is 13.4. The topological polar surface area (TPSA) is 177 Å². The zero-order chi connectivity index (χ0) is 34.0. The van der Waals surface area contributed by atoms with Gasteiger partial charge in [0.15, 0.2) is 6.29 Å². The molecule has 6 aliphatic rings. The highest BCUT2D eigenvalue weighted by molar-refractivity contribution is 5.85. The lowest BCUT2D eigenvalue weighted by molar-refractivity contribution is -0.341. The van der Waals surface area contributed by atoms with Crippen molar-refractivity contribution in [1.82, 2.24) is 0 Å². The molecular weight excluding hydrogens is 592 g/mol. The molecule has 0 spiro atoms. The Hall–Kier alpha value is -0.690. The number of ketones is 1. The van der Waals surface area contributed by atoms with Gasteiger partial charge in [0.2, 0.25) is 0 Å². The Kier molecular flexibility index (Phi) is 8.52. The van der Waals surface area contributed by atoms with Gasteiger partial charge < -0.3 is 45.2 Å². The molecule has 0 aromatic heterocycles. The molecule has 6 fully saturated rings. The molecule has 264 valence electrons. The molecule has 1 saturated heterocycles. The summed E-state index contributed by atoms with van der Waals surface area (Å²) >= 11 is 0. The van der Waals surface area contributed by atoms with Crippen molar-refractivity contribution in [3.8, 4) is 0 Å². The molecule has 1 heterocycles. The third-order valence-corrected chi connectivity index (χ3v) is 15.4. The van der Waals surface area contributed by atoms with Crippen LogP contribution >= 0.6 is 0 Å². The molecule has 0 bridgehead atoms. The molecule has 10 nitrogen and oxygen atoms in total. The predicted molar refractivity (Wildman–Crippen MR) is 168 cm³/mol. The summed E-state index contributed by atoms with van der Waals surface area (Å²) in [5, 5.41) is 73.9. The molecular formula is C36H60O10. The Morgan fingerprint density at radius 1 is 0.978 bits per heavy atom. The van der Waals surface area contributed by atoms with Crippen LogP contribution in [0.1, 0.15) is 106 Å². The van der Waals surface area contributed by atoms with Crippen molar-refractivity contribution in [2.75, 3.05) is 6.61 Å². The second-order valence-electron chi connectivity index (χ2n) is 18.1. The third kappa shape index (κ3) is 4.64. The maximum absolute atomic E-state index is 13.4. The molecule has 0 radical (unpaired) electrons. The fourth-order valence-corrected chi connectivity index (χ4v) is 12.9. The van der Waals surface area contributed by atoms with Gasteiger partial charge in [-0.2, -0.15) is 0 Å². The van der Waals surface area contributed by atoms with Crippen LogP contribution in [0.25, 0.3) is 0 Å². The second kappa shape index (κ2) is 11.2. The summed E-state index contributed by atoms with van der Waals surface area (Å²) in [4.78, 5) is 13.4. The van der Waals surface area contributed by atoms with Crippen molar-refractivity contribution < 1.29 is 50.0 Å². The fraction of sp³-hybridized carbons (Fsp3) is 0.972. The summed E-state index contributed by atoms with van der Waals surface area (Å²) in [7, 11) is 0. The number of carbonyl (C=O) groups excluding carboxylic acids is 1. The van der Waals surface area contributed by atoms with E-state index in [2.05, 4.69) is 34.6 Å².